The molecule has 0 atom stereocenters. The summed E-state index contributed by atoms with van der Waals surface area (Å²) in [6, 6.07) is 1.54. The molecule has 2 nitrogen and oxygen atoms in total. The van der Waals surface area contributed by atoms with E-state index < -0.39 is 5.82 Å². The topological polar surface area (TPSA) is 22.1 Å². The Morgan fingerprint density at radius 1 is 1.62 bits per heavy atom. The minimum Gasteiger partial charge on any atom is -0.473 e. The summed E-state index contributed by atoms with van der Waals surface area (Å²) in [5, 5.41) is 0. The Morgan fingerprint density at radius 2 is 2.31 bits per heavy atom. The summed E-state index contributed by atoms with van der Waals surface area (Å²) in [4.78, 5) is 3.77. The van der Waals surface area contributed by atoms with E-state index in [0.29, 0.717) is 5.56 Å². The van der Waals surface area contributed by atoms with Crippen LogP contribution in [0.1, 0.15) is 19.4 Å². The Bertz CT molecular complexity index is 291. The highest BCUT2D eigenvalue weighted by Gasteiger charge is 2.10. The minimum atomic E-state index is -0.466. The monoisotopic (exact) mass is 203 g/mol. The average molecular weight is 204 g/mol. The van der Waals surface area contributed by atoms with Gasteiger partial charge in [-0.2, -0.15) is 0 Å². The predicted molar refractivity (Wildman–Crippen MR) is 49.5 cm³/mol. The fraction of sp³-hybridized carbons (Fsp3) is 0.444. The number of rotatable bonds is 3. The van der Waals surface area contributed by atoms with Crippen molar-refractivity contribution in [2.45, 2.75) is 25.8 Å². The Kier molecular flexibility index (Phi) is 3.48. The summed E-state index contributed by atoms with van der Waals surface area (Å²) in [6.45, 7) is 3.63. The lowest BCUT2D eigenvalue weighted by molar-refractivity contribution is 0.220. The van der Waals surface area contributed by atoms with Crippen molar-refractivity contribution >= 4 is 11.6 Å². The molecule has 0 aromatic carbocycles. The largest absolute Gasteiger partial charge is 0.473 e. The molecule has 0 aliphatic rings. The van der Waals surface area contributed by atoms with E-state index in [1.807, 2.05) is 13.8 Å². The first-order valence-electron chi connectivity index (χ1n) is 4.01. The average Bonchev–Trinajstić information content (AvgIpc) is 2.08. The number of aromatic nitrogens is 1. The lowest BCUT2D eigenvalue weighted by Crippen LogP contribution is -2.09. The van der Waals surface area contributed by atoms with Crippen LogP contribution in [-0.2, 0) is 5.88 Å². The first kappa shape index (κ1) is 10.3. The van der Waals surface area contributed by atoms with Crippen LogP contribution in [0.5, 0.6) is 5.88 Å². The molecular weight excluding hydrogens is 193 g/mol. The maximum Gasteiger partial charge on any atom is 0.250 e. The molecule has 0 saturated heterocycles. The second-order valence-electron chi connectivity index (χ2n) is 2.89. The molecule has 0 N–H and O–H groups in total. The number of hydrogen-bond acceptors (Lipinski definition) is 2. The molecule has 1 aromatic rings. The van der Waals surface area contributed by atoms with Gasteiger partial charge in [-0.3, -0.25) is 0 Å². The molecule has 0 aliphatic carbocycles. The number of alkyl halides is 1. The first-order valence-corrected chi connectivity index (χ1v) is 4.54. The number of nitrogens with zero attached hydrogens (tertiary/aromatic N) is 1. The zero-order valence-electron chi connectivity index (χ0n) is 7.55. The fourth-order valence-corrected chi connectivity index (χ4v) is 1.08. The molecule has 0 spiro atoms. The van der Waals surface area contributed by atoms with E-state index in [-0.39, 0.29) is 17.9 Å². The van der Waals surface area contributed by atoms with Gasteiger partial charge in [-0.1, -0.05) is 0 Å². The Hall–Kier alpha value is -0.830. The van der Waals surface area contributed by atoms with E-state index in [1.54, 1.807) is 0 Å². The Balaban J connectivity index is 2.94. The lowest BCUT2D eigenvalue weighted by atomic mass is 10.3. The van der Waals surface area contributed by atoms with E-state index >= 15 is 0 Å². The van der Waals surface area contributed by atoms with Crippen LogP contribution in [0.25, 0.3) is 0 Å². The second-order valence-corrected chi connectivity index (χ2v) is 3.16. The van der Waals surface area contributed by atoms with Crippen LogP contribution in [-0.4, -0.2) is 11.1 Å². The van der Waals surface area contributed by atoms with Crippen LogP contribution in [0.2, 0.25) is 0 Å². The molecule has 0 fully saturated rings. The third-order valence-corrected chi connectivity index (χ3v) is 1.72. The molecule has 0 radical (unpaired) electrons. The van der Waals surface area contributed by atoms with Gasteiger partial charge in [0, 0.05) is 11.8 Å². The summed E-state index contributed by atoms with van der Waals surface area (Å²) in [5.41, 5.74) is 0.410. The number of pyridine rings is 1. The van der Waals surface area contributed by atoms with Gasteiger partial charge in [0.2, 0.25) is 0 Å². The van der Waals surface area contributed by atoms with Gasteiger partial charge in [-0.25, -0.2) is 9.37 Å². The molecule has 1 aromatic heterocycles. The normalized spacial score (nSPS) is 10.5. The van der Waals surface area contributed by atoms with Gasteiger partial charge in [0.15, 0.2) is 5.82 Å². The van der Waals surface area contributed by atoms with Crippen LogP contribution >= 0.6 is 11.6 Å². The van der Waals surface area contributed by atoms with Crippen molar-refractivity contribution in [3.63, 3.8) is 0 Å². The summed E-state index contributed by atoms with van der Waals surface area (Å²) >= 11 is 5.52. The van der Waals surface area contributed by atoms with Gasteiger partial charge in [-0.05, 0) is 19.9 Å². The molecule has 13 heavy (non-hydrogen) atoms. The highest BCUT2D eigenvalue weighted by atomic mass is 35.5. The summed E-state index contributed by atoms with van der Waals surface area (Å²) < 4.78 is 18.5. The zero-order valence-corrected chi connectivity index (χ0v) is 8.31. The maximum atomic E-state index is 13.4. The van der Waals surface area contributed by atoms with Crippen molar-refractivity contribution in [1.29, 1.82) is 0 Å². The Morgan fingerprint density at radius 3 is 2.85 bits per heavy atom. The summed E-state index contributed by atoms with van der Waals surface area (Å²) in [5.74, 6) is -0.317. The van der Waals surface area contributed by atoms with Crippen molar-refractivity contribution in [2.75, 3.05) is 0 Å². The van der Waals surface area contributed by atoms with E-state index in [2.05, 4.69) is 4.98 Å². The highest BCUT2D eigenvalue weighted by molar-refractivity contribution is 6.17. The predicted octanol–water partition coefficient (Wildman–Crippen LogP) is 2.75. The van der Waals surface area contributed by atoms with E-state index in [1.165, 1.54) is 12.3 Å². The molecule has 0 aliphatic heterocycles. The number of hydrogen-bond donors (Lipinski definition) is 0. The SMILES string of the molecule is CC(C)Oc1nccc(CCl)c1F. The van der Waals surface area contributed by atoms with E-state index in [0.717, 1.165) is 0 Å². The fourth-order valence-electron chi connectivity index (χ4n) is 0.871. The van der Waals surface area contributed by atoms with Gasteiger partial charge in [0.1, 0.15) is 0 Å². The van der Waals surface area contributed by atoms with Gasteiger partial charge < -0.3 is 4.74 Å². The first-order chi connectivity index (χ1) is 6.15. The third-order valence-electron chi connectivity index (χ3n) is 1.43. The van der Waals surface area contributed by atoms with Crippen molar-refractivity contribution < 1.29 is 9.13 Å². The lowest BCUT2D eigenvalue weighted by Gasteiger charge is -2.10. The standard InChI is InChI=1S/C9H11ClFNO/c1-6(2)13-9-8(11)7(5-10)3-4-12-9/h3-4,6H,5H2,1-2H3. The highest BCUT2D eigenvalue weighted by Crippen LogP contribution is 2.19. The van der Waals surface area contributed by atoms with Crippen molar-refractivity contribution in [1.82, 2.24) is 4.98 Å². The molecule has 0 amide bonds. The summed E-state index contributed by atoms with van der Waals surface area (Å²) in [6.07, 6.45) is 1.39. The minimum absolute atomic E-state index is 0.0214. The van der Waals surface area contributed by atoms with E-state index in [9.17, 15) is 4.39 Å². The van der Waals surface area contributed by atoms with Gasteiger partial charge in [-0.15, -0.1) is 11.6 Å². The molecule has 0 saturated carbocycles. The molecule has 4 heteroatoms. The molecular formula is C9H11ClFNO. The molecule has 1 rings (SSSR count). The second kappa shape index (κ2) is 4.42. The van der Waals surface area contributed by atoms with Gasteiger partial charge >= 0.3 is 0 Å². The molecule has 72 valence electrons. The molecule has 1 heterocycles. The van der Waals surface area contributed by atoms with Crippen molar-refractivity contribution in [3.05, 3.63) is 23.6 Å². The van der Waals surface area contributed by atoms with Gasteiger partial charge in [0.25, 0.3) is 5.88 Å². The summed E-state index contributed by atoms with van der Waals surface area (Å²) in [7, 11) is 0. The Labute approximate surface area is 81.7 Å². The third kappa shape index (κ3) is 2.56. The zero-order chi connectivity index (χ0) is 9.84. The van der Waals surface area contributed by atoms with Crippen LogP contribution < -0.4 is 4.74 Å². The van der Waals surface area contributed by atoms with Crippen molar-refractivity contribution in [3.8, 4) is 5.88 Å². The van der Waals surface area contributed by atoms with Crippen LogP contribution in [0.15, 0.2) is 12.3 Å². The van der Waals surface area contributed by atoms with Crippen LogP contribution in [0, 0.1) is 5.82 Å². The molecule has 0 unspecified atom stereocenters. The van der Waals surface area contributed by atoms with E-state index in [4.69, 9.17) is 16.3 Å². The van der Waals surface area contributed by atoms with Crippen LogP contribution in [0.3, 0.4) is 0 Å². The number of ether oxygens (including phenoxy) is 1. The quantitative estimate of drug-likeness (QED) is 0.705. The maximum absolute atomic E-state index is 13.4. The smallest absolute Gasteiger partial charge is 0.250 e. The van der Waals surface area contributed by atoms with Gasteiger partial charge in [0.05, 0.1) is 12.0 Å². The molecule has 0 bridgehead atoms. The van der Waals surface area contributed by atoms with Crippen LogP contribution in [0.4, 0.5) is 4.39 Å². The number of halogens is 2. The van der Waals surface area contributed by atoms with Crippen molar-refractivity contribution in [2.24, 2.45) is 0 Å².